The lowest BCUT2D eigenvalue weighted by Gasteiger charge is -2.47. The van der Waals surface area contributed by atoms with Crippen LogP contribution >= 0.6 is 0 Å². The van der Waals surface area contributed by atoms with Crippen LogP contribution in [0.2, 0.25) is 0 Å². The molecule has 5 aliphatic rings. The first-order chi connectivity index (χ1) is 20.6. The van der Waals surface area contributed by atoms with Crippen molar-refractivity contribution in [1.29, 1.82) is 0 Å². The summed E-state index contributed by atoms with van der Waals surface area (Å²) < 4.78 is 51.2. The van der Waals surface area contributed by atoms with Crippen molar-refractivity contribution in [3.8, 4) is 11.5 Å². The zero-order valence-electron chi connectivity index (χ0n) is 24.3. The number of carbonyl (C=O) groups excluding carboxylic acids is 1. The van der Waals surface area contributed by atoms with Crippen molar-refractivity contribution in [2.75, 3.05) is 34.2 Å². The van der Waals surface area contributed by atoms with Crippen LogP contribution in [0.5, 0.6) is 11.5 Å². The van der Waals surface area contributed by atoms with Crippen molar-refractivity contribution in [2.24, 2.45) is 11.8 Å². The van der Waals surface area contributed by atoms with Crippen molar-refractivity contribution in [3.63, 3.8) is 0 Å². The number of rotatable bonds is 7. The van der Waals surface area contributed by atoms with Crippen LogP contribution in [0.3, 0.4) is 0 Å². The quantitative estimate of drug-likeness (QED) is 0.236. The Balaban J connectivity index is 1.39. The number of cyclic esters (lactones) is 1. The molecule has 3 N–H and O–H groups in total. The monoisotopic (exact) mass is 604 g/mol. The van der Waals surface area contributed by atoms with Crippen LogP contribution in [0.4, 0.5) is 0 Å². The van der Waals surface area contributed by atoms with E-state index in [1.54, 1.807) is 32.1 Å². The highest BCUT2D eigenvalue weighted by Gasteiger charge is 2.56. The molecule has 4 aliphatic heterocycles. The van der Waals surface area contributed by atoms with Crippen molar-refractivity contribution < 1.29 is 62.7 Å². The standard InChI is InChI=1S/C30H36O13/c1-12(6-20(36-5)24(31)13(2)35-4)22-15-7-18-19(40-11-39-18)8-16(15)27(17-9-38-29(34)23(17)22)43-30-26(33)25(32)28-21(42-30)10-37-14(3)41-28/h6-8,14,17,21-23,25-28,30-33H,1,9-11H2,2-5H3/b20-6+,24-13-/t14-,17+,21-,22-,23+,25-,26-,27-,28-,30+/m1/s1. The number of benzene rings is 1. The van der Waals surface area contributed by atoms with Crippen LogP contribution in [-0.2, 0) is 38.0 Å². The molecule has 0 amide bonds. The summed E-state index contributed by atoms with van der Waals surface area (Å²) >= 11 is 0. The third kappa shape index (κ3) is 5.13. The maximum atomic E-state index is 13.3. The number of aliphatic hydroxyl groups excluding tert-OH is 3. The predicted octanol–water partition coefficient (Wildman–Crippen LogP) is 2.09. The average molecular weight is 605 g/mol. The van der Waals surface area contributed by atoms with Crippen molar-refractivity contribution in [1.82, 2.24) is 0 Å². The second-order valence-corrected chi connectivity index (χ2v) is 11.1. The maximum absolute atomic E-state index is 13.3. The molecule has 1 aromatic carbocycles. The Bertz CT molecular complexity index is 1340. The Morgan fingerprint density at radius 2 is 1.74 bits per heavy atom. The van der Waals surface area contributed by atoms with Gasteiger partial charge in [-0.15, -0.1) is 0 Å². The lowest BCUT2D eigenvalue weighted by atomic mass is 9.66. The number of carbonyl (C=O) groups is 1. The molecule has 234 valence electrons. The van der Waals surface area contributed by atoms with Crippen molar-refractivity contribution in [3.05, 3.63) is 58.8 Å². The van der Waals surface area contributed by atoms with Crippen LogP contribution in [0.15, 0.2) is 47.6 Å². The highest BCUT2D eigenvalue weighted by Crippen LogP contribution is 2.56. The highest BCUT2D eigenvalue weighted by molar-refractivity contribution is 5.78. The predicted molar refractivity (Wildman–Crippen MR) is 145 cm³/mol. The molecule has 0 unspecified atom stereocenters. The molecule has 4 heterocycles. The SMILES string of the molecule is C=C(/C=C(OC)\C(O)=C(/C)OC)[C@@H]1c2cc3c(cc2[C@@H](O[C@@H]2O[C@@H]4CO[C@@H](C)O[C@H]4[C@H](O)[C@H]2O)[C@H]2COC(=O)[C@@H]21)OCO3. The van der Waals surface area contributed by atoms with Gasteiger partial charge in [0.05, 0.1) is 39.5 Å². The molecule has 0 bridgehead atoms. The third-order valence-electron chi connectivity index (χ3n) is 8.69. The molecule has 0 spiro atoms. The Hall–Kier alpha value is -3.33. The van der Waals surface area contributed by atoms with E-state index in [2.05, 4.69) is 6.58 Å². The first-order valence-electron chi connectivity index (χ1n) is 14.1. The van der Waals surface area contributed by atoms with E-state index in [0.29, 0.717) is 28.2 Å². The summed E-state index contributed by atoms with van der Waals surface area (Å²) in [6.45, 7) is 7.73. The number of fused-ring (bicyclic) bond motifs is 4. The van der Waals surface area contributed by atoms with Gasteiger partial charge in [0.2, 0.25) is 6.79 Å². The van der Waals surface area contributed by atoms with E-state index in [0.717, 1.165) is 0 Å². The maximum Gasteiger partial charge on any atom is 0.310 e. The van der Waals surface area contributed by atoms with Gasteiger partial charge in [-0.2, -0.15) is 0 Å². The fourth-order valence-corrected chi connectivity index (χ4v) is 6.44. The lowest BCUT2D eigenvalue weighted by Crippen LogP contribution is -2.63. The molecule has 3 saturated heterocycles. The minimum absolute atomic E-state index is 0.0189. The van der Waals surface area contributed by atoms with E-state index >= 15 is 0 Å². The molecule has 6 rings (SSSR count). The number of allylic oxidation sites excluding steroid dienone is 3. The molecule has 1 aliphatic carbocycles. The Labute approximate surface area is 248 Å². The second kappa shape index (κ2) is 11.6. The van der Waals surface area contributed by atoms with Gasteiger partial charge in [0.1, 0.15) is 30.2 Å². The highest BCUT2D eigenvalue weighted by atomic mass is 16.8. The van der Waals surface area contributed by atoms with Crippen LogP contribution in [0.25, 0.3) is 0 Å². The smallest absolute Gasteiger partial charge is 0.310 e. The fourth-order valence-electron chi connectivity index (χ4n) is 6.44. The zero-order chi connectivity index (χ0) is 30.6. The Kier molecular flexibility index (Phi) is 8.05. The molecular formula is C30H36O13. The summed E-state index contributed by atoms with van der Waals surface area (Å²) in [5.41, 5.74) is 1.75. The molecule has 43 heavy (non-hydrogen) atoms. The summed E-state index contributed by atoms with van der Waals surface area (Å²) in [4.78, 5) is 13.3. The minimum atomic E-state index is -1.45. The van der Waals surface area contributed by atoms with Crippen molar-refractivity contribution in [2.45, 2.75) is 62.9 Å². The van der Waals surface area contributed by atoms with E-state index in [1.807, 2.05) is 0 Å². The van der Waals surface area contributed by atoms with E-state index in [9.17, 15) is 20.1 Å². The molecule has 13 heteroatoms. The van der Waals surface area contributed by atoms with Gasteiger partial charge in [-0.25, -0.2) is 0 Å². The van der Waals surface area contributed by atoms with E-state index in [1.165, 1.54) is 14.2 Å². The molecule has 0 radical (unpaired) electrons. The van der Waals surface area contributed by atoms with E-state index in [4.69, 9.17) is 42.6 Å². The van der Waals surface area contributed by atoms with Crippen molar-refractivity contribution >= 4 is 5.97 Å². The molecule has 1 aromatic rings. The summed E-state index contributed by atoms with van der Waals surface area (Å²) in [6.07, 6.45) is -5.31. The van der Waals surface area contributed by atoms with Crippen LogP contribution < -0.4 is 9.47 Å². The molecule has 0 aromatic heterocycles. The number of aliphatic hydroxyl groups is 3. The van der Waals surface area contributed by atoms with E-state index in [-0.39, 0.29) is 37.3 Å². The summed E-state index contributed by atoms with van der Waals surface area (Å²) in [7, 11) is 2.83. The molecule has 10 atom stereocenters. The average Bonchev–Trinajstić information content (AvgIpc) is 3.63. The van der Waals surface area contributed by atoms with E-state index < -0.39 is 66.8 Å². The van der Waals surface area contributed by atoms with Crippen LogP contribution in [0, 0.1) is 11.8 Å². The summed E-state index contributed by atoms with van der Waals surface area (Å²) in [5.74, 6) is -1.29. The van der Waals surface area contributed by atoms with Crippen LogP contribution in [-0.4, -0.2) is 92.5 Å². The number of hydrogen-bond donors (Lipinski definition) is 3. The molecule has 3 fully saturated rings. The van der Waals surface area contributed by atoms with Crippen LogP contribution in [0.1, 0.15) is 37.0 Å². The number of esters is 1. The fraction of sp³-hybridized carbons (Fsp3) is 0.567. The minimum Gasteiger partial charge on any atom is -0.502 e. The first-order valence-corrected chi connectivity index (χ1v) is 14.1. The van der Waals surface area contributed by atoms with Gasteiger partial charge < -0.3 is 58.0 Å². The topological polar surface area (TPSA) is 161 Å². The van der Waals surface area contributed by atoms with Gasteiger partial charge in [0, 0.05) is 11.8 Å². The largest absolute Gasteiger partial charge is 0.502 e. The Morgan fingerprint density at radius 1 is 1.02 bits per heavy atom. The van der Waals surface area contributed by atoms with Gasteiger partial charge in [0.15, 0.2) is 35.6 Å². The molecular weight excluding hydrogens is 568 g/mol. The lowest BCUT2D eigenvalue weighted by molar-refractivity contribution is -0.364. The summed E-state index contributed by atoms with van der Waals surface area (Å²) in [6, 6.07) is 3.55. The normalized spacial score (nSPS) is 37.0. The number of methoxy groups -OCH3 is 2. The molecule has 13 nitrogen and oxygen atoms in total. The third-order valence-corrected chi connectivity index (χ3v) is 8.69. The number of ether oxygens (including phenoxy) is 9. The number of hydrogen-bond acceptors (Lipinski definition) is 13. The van der Waals surface area contributed by atoms with Gasteiger partial charge >= 0.3 is 5.97 Å². The van der Waals surface area contributed by atoms with Gasteiger partial charge in [-0.3, -0.25) is 4.79 Å². The zero-order valence-corrected chi connectivity index (χ0v) is 24.3. The van der Waals surface area contributed by atoms with Gasteiger partial charge in [-0.05, 0) is 48.8 Å². The van der Waals surface area contributed by atoms with Gasteiger partial charge in [0.25, 0.3) is 0 Å². The van der Waals surface area contributed by atoms with Gasteiger partial charge in [-0.1, -0.05) is 6.58 Å². The molecule has 0 saturated carbocycles. The second-order valence-electron chi connectivity index (χ2n) is 11.1. The first kappa shape index (κ1) is 29.7. The summed E-state index contributed by atoms with van der Waals surface area (Å²) in [5, 5.41) is 32.6. The Morgan fingerprint density at radius 3 is 2.44 bits per heavy atom.